The summed E-state index contributed by atoms with van der Waals surface area (Å²) in [7, 11) is 0. The minimum Gasteiger partial charge on any atom is -0.391 e. The number of carbonyl (C=O) groups excluding carboxylic acids is 2. The lowest BCUT2D eigenvalue weighted by molar-refractivity contribution is -0.140. The predicted octanol–water partition coefficient (Wildman–Crippen LogP) is 3.43. The molecule has 0 aromatic heterocycles. The van der Waals surface area contributed by atoms with Gasteiger partial charge in [-0.3, -0.25) is 9.59 Å². The first-order valence-electron chi connectivity index (χ1n) is 10.3. The van der Waals surface area contributed by atoms with Crippen LogP contribution in [0.15, 0.2) is 42.0 Å². The SMILES string of the molecule is CC1=C(c2ccc(CNC(=O)[C@@H]3C[C@@H](O)CN3C(=O)CC(C)(C)C)cc2)CC=C1. The van der Waals surface area contributed by atoms with Gasteiger partial charge in [-0.1, -0.05) is 57.2 Å². The van der Waals surface area contributed by atoms with E-state index in [0.29, 0.717) is 19.4 Å². The highest BCUT2D eigenvalue weighted by Crippen LogP contribution is 2.29. The van der Waals surface area contributed by atoms with Gasteiger partial charge in [0.2, 0.25) is 11.8 Å². The largest absolute Gasteiger partial charge is 0.391 e. The van der Waals surface area contributed by atoms with E-state index in [1.807, 2.05) is 32.9 Å². The van der Waals surface area contributed by atoms with Crippen molar-refractivity contribution in [2.45, 2.75) is 65.6 Å². The average Bonchev–Trinajstić information content (AvgIpc) is 3.24. The van der Waals surface area contributed by atoms with Crippen LogP contribution < -0.4 is 5.32 Å². The van der Waals surface area contributed by atoms with E-state index in [2.05, 4.69) is 36.5 Å². The average molecular weight is 397 g/mol. The van der Waals surface area contributed by atoms with Crippen LogP contribution >= 0.6 is 0 Å². The van der Waals surface area contributed by atoms with Gasteiger partial charge in [0.1, 0.15) is 6.04 Å². The quantitative estimate of drug-likeness (QED) is 0.801. The third kappa shape index (κ3) is 5.36. The Morgan fingerprint density at radius 2 is 1.90 bits per heavy atom. The molecule has 29 heavy (non-hydrogen) atoms. The molecule has 156 valence electrons. The molecule has 0 spiro atoms. The summed E-state index contributed by atoms with van der Waals surface area (Å²) < 4.78 is 0. The first kappa shape index (κ1) is 21.3. The lowest BCUT2D eigenvalue weighted by Crippen LogP contribution is -2.46. The zero-order valence-electron chi connectivity index (χ0n) is 17.9. The van der Waals surface area contributed by atoms with Gasteiger partial charge < -0.3 is 15.3 Å². The van der Waals surface area contributed by atoms with Gasteiger partial charge in [0.25, 0.3) is 0 Å². The lowest BCUT2D eigenvalue weighted by Gasteiger charge is -2.27. The number of aliphatic hydroxyl groups is 1. The van der Waals surface area contributed by atoms with Crippen molar-refractivity contribution in [3.8, 4) is 0 Å². The molecule has 1 fully saturated rings. The Hall–Kier alpha value is -2.40. The van der Waals surface area contributed by atoms with Gasteiger partial charge in [-0.25, -0.2) is 0 Å². The molecule has 1 aromatic rings. The summed E-state index contributed by atoms with van der Waals surface area (Å²) in [5, 5.41) is 13.0. The number of benzene rings is 1. The first-order valence-corrected chi connectivity index (χ1v) is 10.3. The molecule has 5 heteroatoms. The summed E-state index contributed by atoms with van der Waals surface area (Å²) in [6.45, 7) is 8.74. The molecule has 1 aromatic carbocycles. The molecule has 3 rings (SSSR count). The van der Waals surface area contributed by atoms with Crippen molar-refractivity contribution in [3.05, 3.63) is 53.1 Å². The van der Waals surface area contributed by atoms with Crippen molar-refractivity contribution in [2.75, 3.05) is 6.54 Å². The van der Waals surface area contributed by atoms with E-state index < -0.39 is 12.1 Å². The molecule has 1 saturated heterocycles. The lowest BCUT2D eigenvalue weighted by atomic mass is 9.91. The number of nitrogens with zero attached hydrogens (tertiary/aromatic N) is 1. The Kier molecular flexibility index (Phi) is 6.27. The molecule has 5 nitrogen and oxygen atoms in total. The number of β-amino-alcohol motifs (C(OH)–C–C–N with tert-alkyl or cyclic N) is 1. The van der Waals surface area contributed by atoms with Crippen LogP contribution in [-0.2, 0) is 16.1 Å². The first-order chi connectivity index (χ1) is 13.6. The summed E-state index contributed by atoms with van der Waals surface area (Å²) in [5.74, 6) is -0.279. The van der Waals surface area contributed by atoms with E-state index in [4.69, 9.17) is 0 Å². The van der Waals surface area contributed by atoms with Gasteiger partial charge in [-0.15, -0.1) is 0 Å². The second-order valence-corrected chi connectivity index (χ2v) is 9.37. The molecular weight excluding hydrogens is 364 g/mol. The van der Waals surface area contributed by atoms with E-state index in [1.54, 1.807) is 0 Å². The maximum Gasteiger partial charge on any atom is 0.243 e. The second-order valence-electron chi connectivity index (χ2n) is 9.37. The minimum absolute atomic E-state index is 0.0765. The van der Waals surface area contributed by atoms with Crippen LogP contribution in [-0.4, -0.2) is 40.5 Å². The van der Waals surface area contributed by atoms with Crippen LogP contribution in [0.5, 0.6) is 0 Å². The van der Waals surface area contributed by atoms with Crippen molar-refractivity contribution in [1.82, 2.24) is 10.2 Å². The highest BCUT2D eigenvalue weighted by molar-refractivity contribution is 5.88. The maximum absolute atomic E-state index is 12.7. The summed E-state index contributed by atoms with van der Waals surface area (Å²) in [6.07, 6.45) is 5.28. The van der Waals surface area contributed by atoms with Gasteiger partial charge in [0.05, 0.1) is 6.10 Å². The molecule has 1 aliphatic heterocycles. The van der Waals surface area contributed by atoms with Crippen LogP contribution in [0.4, 0.5) is 0 Å². The number of aliphatic hydroxyl groups excluding tert-OH is 1. The second kappa shape index (κ2) is 8.54. The van der Waals surface area contributed by atoms with Crippen LogP contribution in [0.2, 0.25) is 0 Å². The Bertz CT molecular complexity index is 831. The van der Waals surface area contributed by atoms with Crippen molar-refractivity contribution >= 4 is 17.4 Å². The van der Waals surface area contributed by atoms with Gasteiger partial charge >= 0.3 is 0 Å². The molecule has 2 atom stereocenters. The Morgan fingerprint density at radius 3 is 2.48 bits per heavy atom. The highest BCUT2D eigenvalue weighted by atomic mass is 16.3. The highest BCUT2D eigenvalue weighted by Gasteiger charge is 2.39. The molecule has 1 heterocycles. The fraction of sp³-hybridized carbons (Fsp3) is 0.500. The normalized spacial score (nSPS) is 21.8. The van der Waals surface area contributed by atoms with Gasteiger partial charge in [0.15, 0.2) is 0 Å². The van der Waals surface area contributed by atoms with Crippen molar-refractivity contribution < 1.29 is 14.7 Å². The van der Waals surface area contributed by atoms with E-state index in [-0.39, 0.29) is 23.8 Å². The predicted molar refractivity (Wildman–Crippen MR) is 115 cm³/mol. The number of likely N-dealkylation sites (tertiary alicyclic amines) is 1. The van der Waals surface area contributed by atoms with Crippen LogP contribution in [0.3, 0.4) is 0 Å². The molecule has 0 bridgehead atoms. The van der Waals surface area contributed by atoms with Crippen molar-refractivity contribution in [3.63, 3.8) is 0 Å². The van der Waals surface area contributed by atoms with Gasteiger partial charge in [-0.05, 0) is 41.0 Å². The molecule has 0 saturated carbocycles. The van der Waals surface area contributed by atoms with Crippen LogP contribution in [0, 0.1) is 5.41 Å². The van der Waals surface area contributed by atoms with E-state index in [1.165, 1.54) is 21.6 Å². The zero-order chi connectivity index (χ0) is 21.2. The van der Waals surface area contributed by atoms with E-state index in [9.17, 15) is 14.7 Å². The van der Waals surface area contributed by atoms with Crippen LogP contribution in [0.25, 0.3) is 5.57 Å². The van der Waals surface area contributed by atoms with Crippen LogP contribution in [0.1, 0.15) is 58.1 Å². The maximum atomic E-state index is 12.7. The molecule has 2 amide bonds. The molecular formula is C24H32N2O3. The Morgan fingerprint density at radius 1 is 1.21 bits per heavy atom. The Labute approximate surface area is 173 Å². The smallest absolute Gasteiger partial charge is 0.243 e. The number of nitrogens with one attached hydrogen (secondary N) is 1. The topological polar surface area (TPSA) is 69.6 Å². The fourth-order valence-corrected chi connectivity index (χ4v) is 3.98. The number of hydrogen-bond donors (Lipinski definition) is 2. The van der Waals surface area contributed by atoms with Gasteiger partial charge in [-0.2, -0.15) is 0 Å². The molecule has 0 unspecified atom stereocenters. The zero-order valence-corrected chi connectivity index (χ0v) is 17.9. The number of carbonyl (C=O) groups is 2. The molecule has 2 N–H and O–H groups in total. The summed E-state index contributed by atoms with van der Waals surface area (Å²) in [5.41, 5.74) is 4.70. The van der Waals surface area contributed by atoms with Gasteiger partial charge in [0, 0.05) is 25.9 Å². The van der Waals surface area contributed by atoms with Crippen molar-refractivity contribution in [2.24, 2.45) is 5.41 Å². The molecule has 2 aliphatic rings. The third-order valence-corrected chi connectivity index (χ3v) is 5.52. The number of allylic oxidation sites excluding steroid dienone is 4. The Balaban J connectivity index is 1.59. The summed E-state index contributed by atoms with van der Waals surface area (Å²) >= 11 is 0. The van der Waals surface area contributed by atoms with E-state index in [0.717, 1.165) is 12.0 Å². The molecule has 1 aliphatic carbocycles. The minimum atomic E-state index is -0.648. The number of rotatable bonds is 5. The molecule has 0 radical (unpaired) electrons. The van der Waals surface area contributed by atoms with Crippen molar-refractivity contribution in [1.29, 1.82) is 0 Å². The summed E-state index contributed by atoms with van der Waals surface area (Å²) in [6, 6.07) is 7.63. The summed E-state index contributed by atoms with van der Waals surface area (Å²) in [4.78, 5) is 26.9. The van der Waals surface area contributed by atoms with E-state index >= 15 is 0 Å². The number of amides is 2. The number of hydrogen-bond acceptors (Lipinski definition) is 3. The fourth-order valence-electron chi connectivity index (χ4n) is 3.98. The monoisotopic (exact) mass is 396 g/mol. The standard InChI is InChI=1S/C24H32N2O3/c1-16-6-5-7-20(16)18-10-8-17(9-11-18)14-25-23(29)21-12-19(27)15-26(21)22(28)13-24(2,3)4/h5-6,8-11,19,21,27H,7,12-15H2,1-4H3,(H,25,29)/t19-,21+/m1/s1. The third-order valence-electron chi connectivity index (χ3n) is 5.52.